The molecule has 1 aliphatic rings. The van der Waals surface area contributed by atoms with Crippen LogP contribution in [0.1, 0.15) is 24.2 Å². The minimum absolute atomic E-state index is 0.356. The van der Waals surface area contributed by atoms with Crippen molar-refractivity contribution < 1.29 is 14.3 Å². The highest BCUT2D eigenvalue weighted by Crippen LogP contribution is 2.32. The second-order valence-electron chi connectivity index (χ2n) is 6.99. The number of ether oxygens (including phenoxy) is 2. The molecule has 0 aliphatic carbocycles. The predicted octanol–water partition coefficient (Wildman–Crippen LogP) is 5.68. The number of benzene rings is 2. The van der Waals surface area contributed by atoms with E-state index >= 15 is 0 Å². The summed E-state index contributed by atoms with van der Waals surface area (Å²) in [7, 11) is 1.61. The highest BCUT2D eigenvalue weighted by atomic mass is 32.2. The third kappa shape index (κ3) is 6.07. The van der Waals surface area contributed by atoms with E-state index in [1.165, 1.54) is 4.90 Å². The monoisotopic (exact) mass is 431 g/mol. The summed E-state index contributed by atoms with van der Waals surface area (Å²) in [5.74, 6) is 7.02. The lowest BCUT2D eigenvalue weighted by Gasteiger charge is -2.18. The quantitative estimate of drug-likeness (QED) is 0.363. The second kappa shape index (κ2) is 10.6. The van der Waals surface area contributed by atoms with Crippen molar-refractivity contribution in [3.8, 4) is 17.6 Å². The Hall–Kier alpha value is -3.36. The number of amides is 1. The lowest BCUT2D eigenvalue weighted by Crippen LogP contribution is -2.28. The average molecular weight is 432 g/mol. The first-order chi connectivity index (χ1) is 15.0. The number of carbonyl (C=O) groups excluding carboxylic acids is 1. The molecule has 0 bridgehead atoms. The molecule has 2 aromatic rings. The van der Waals surface area contributed by atoms with Crippen LogP contribution in [0.25, 0.3) is 0 Å². The summed E-state index contributed by atoms with van der Waals surface area (Å²) in [5, 5.41) is 2.83. The van der Waals surface area contributed by atoms with Crippen LogP contribution in [0, 0.1) is 11.8 Å². The first kappa shape index (κ1) is 22.3. The lowest BCUT2D eigenvalue weighted by molar-refractivity contribution is 0.135. The molecule has 31 heavy (non-hydrogen) atoms. The van der Waals surface area contributed by atoms with Gasteiger partial charge in [-0.3, -0.25) is 0 Å². The second-order valence-corrected chi connectivity index (χ2v) is 7.87. The van der Waals surface area contributed by atoms with Crippen molar-refractivity contribution >= 4 is 17.9 Å². The first-order valence-electron chi connectivity index (χ1n) is 9.81. The Labute approximate surface area is 188 Å². The van der Waals surface area contributed by atoms with Crippen molar-refractivity contribution in [3.63, 3.8) is 0 Å². The average Bonchev–Trinajstić information content (AvgIpc) is 3.20. The SMILES string of the molecule is C=C(C=CC=C(C)C#Cc1ccc(SC)cc1)C1NC(=O)OC1c1cccc(OC)c1. The van der Waals surface area contributed by atoms with Gasteiger partial charge in [-0.15, -0.1) is 11.8 Å². The molecule has 3 rings (SSSR count). The number of allylic oxidation sites excluding steroid dienone is 3. The summed E-state index contributed by atoms with van der Waals surface area (Å²) in [4.78, 5) is 13.1. The zero-order chi connectivity index (χ0) is 22.2. The molecule has 1 aliphatic heterocycles. The molecule has 1 N–H and O–H groups in total. The van der Waals surface area contributed by atoms with Crippen molar-refractivity contribution in [3.05, 3.63) is 95.6 Å². The topological polar surface area (TPSA) is 47.6 Å². The smallest absolute Gasteiger partial charge is 0.408 e. The van der Waals surface area contributed by atoms with Crippen LogP contribution in [0.4, 0.5) is 4.79 Å². The highest BCUT2D eigenvalue weighted by molar-refractivity contribution is 7.98. The van der Waals surface area contributed by atoms with Crippen LogP contribution in [0.5, 0.6) is 5.75 Å². The molecule has 1 amide bonds. The number of thioether (sulfide) groups is 1. The Balaban J connectivity index is 1.67. The lowest BCUT2D eigenvalue weighted by atomic mass is 9.97. The summed E-state index contributed by atoms with van der Waals surface area (Å²) in [6, 6.07) is 15.3. The summed E-state index contributed by atoms with van der Waals surface area (Å²) < 4.78 is 10.7. The van der Waals surface area contributed by atoms with Crippen LogP contribution in [-0.4, -0.2) is 25.5 Å². The van der Waals surface area contributed by atoms with E-state index in [0.717, 1.165) is 22.3 Å². The molecule has 1 heterocycles. The third-order valence-electron chi connectivity index (χ3n) is 4.78. The van der Waals surface area contributed by atoms with E-state index < -0.39 is 12.2 Å². The Kier molecular flexibility index (Phi) is 7.64. The van der Waals surface area contributed by atoms with Gasteiger partial charge in [-0.1, -0.05) is 48.8 Å². The van der Waals surface area contributed by atoms with E-state index in [0.29, 0.717) is 5.75 Å². The number of alkyl carbamates (subject to hydrolysis) is 1. The minimum Gasteiger partial charge on any atom is -0.497 e. The van der Waals surface area contributed by atoms with Crippen molar-refractivity contribution in [2.75, 3.05) is 13.4 Å². The zero-order valence-electron chi connectivity index (χ0n) is 17.8. The third-order valence-corrected chi connectivity index (χ3v) is 5.53. The number of hydrogen-bond donors (Lipinski definition) is 1. The van der Waals surface area contributed by atoms with Gasteiger partial charge in [0.15, 0.2) is 6.10 Å². The van der Waals surface area contributed by atoms with E-state index in [1.54, 1.807) is 18.9 Å². The van der Waals surface area contributed by atoms with Crippen molar-refractivity contribution in [1.29, 1.82) is 0 Å². The van der Waals surface area contributed by atoms with Gasteiger partial charge in [0.1, 0.15) is 5.75 Å². The maximum Gasteiger partial charge on any atom is 0.408 e. The maximum atomic E-state index is 11.9. The molecule has 2 aromatic carbocycles. The molecule has 2 atom stereocenters. The van der Waals surface area contributed by atoms with Crippen LogP contribution >= 0.6 is 11.8 Å². The number of rotatable bonds is 6. The maximum absolute atomic E-state index is 11.9. The molecule has 4 nitrogen and oxygen atoms in total. The summed E-state index contributed by atoms with van der Waals surface area (Å²) >= 11 is 1.71. The Bertz CT molecular complexity index is 1070. The molecule has 0 aromatic heterocycles. The first-order valence-corrected chi connectivity index (χ1v) is 11.0. The van der Waals surface area contributed by atoms with Gasteiger partial charge in [0.05, 0.1) is 13.2 Å². The Morgan fingerprint density at radius 2 is 2.03 bits per heavy atom. The van der Waals surface area contributed by atoms with E-state index in [-0.39, 0.29) is 6.04 Å². The highest BCUT2D eigenvalue weighted by Gasteiger charge is 2.36. The van der Waals surface area contributed by atoms with Gasteiger partial charge in [-0.2, -0.15) is 0 Å². The number of hydrogen-bond acceptors (Lipinski definition) is 4. The van der Waals surface area contributed by atoms with Crippen molar-refractivity contribution in [2.45, 2.75) is 24.0 Å². The molecule has 5 heteroatoms. The number of methoxy groups -OCH3 is 1. The van der Waals surface area contributed by atoms with Crippen LogP contribution in [0.15, 0.2) is 89.4 Å². The molecule has 0 radical (unpaired) electrons. The van der Waals surface area contributed by atoms with Gasteiger partial charge < -0.3 is 14.8 Å². The van der Waals surface area contributed by atoms with Crippen molar-refractivity contribution in [2.24, 2.45) is 0 Å². The minimum atomic E-state index is -0.464. The normalized spacial score (nSPS) is 18.2. The van der Waals surface area contributed by atoms with Crippen LogP contribution in [0.3, 0.4) is 0 Å². The molecule has 158 valence electrons. The van der Waals surface area contributed by atoms with Crippen molar-refractivity contribution in [1.82, 2.24) is 5.32 Å². The van der Waals surface area contributed by atoms with Gasteiger partial charge in [-0.25, -0.2) is 4.79 Å². The number of cyclic esters (lactones) is 1. The Morgan fingerprint density at radius 1 is 1.26 bits per heavy atom. The molecule has 1 saturated heterocycles. The van der Waals surface area contributed by atoms with Gasteiger partial charge >= 0.3 is 6.09 Å². The van der Waals surface area contributed by atoms with Gasteiger partial charge in [0.2, 0.25) is 0 Å². The fraction of sp³-hybridized carbons (Fsp3) is 0.192. The molecular weight excluding hydrogens is 406 g/mol. The number of carbonyl (C=O) groups is 1. The summed E-state index contributed by atoms with van der Waals surface area (Å²) in [6.45, 7) is 6.07. The van der Waals surface area contributed by atoms with E-state index in [1.807, 2.05) is 61.5 Å². The number of nitrogens with one attached hydrogen (secondary N) is 1. The fourth-order valence-corrected chi connectivity index (χ4v) is 3.50. The predicted molar refractivity (Wildman–Crippen MR) is 126 cm³/mol. The van der Waals surface area contributed by atoms with Crippen LogP contribution < -0.4 is 10.1 Å². The van der Waals surface area contributed by atoms with Gasteiger partial charge in [0, 0.05) is 10.5 Å². The van der Waals surface area contributed by atoms with E-state index in [2.05, 4.69) is 42.1 Å². The Morgan fingerprint density at radius 3 is 2.74 bits per heavy atom. The largest absolute Gasteiger partial charge is 0.497 e. The molecule has 0 spiro atoms. The standard InChI is InChI=1S/C26H25NO3S/c1-18(11-12-20-13-15-23(31-4)16-14-20)7-5-8-19(2)24-25(30-26(28)27-24)21-9-6-10-22(17-21)29-3/h5-10,13-17,24-25H,2H2,1,3-4H3,(H,27,28). The zero-order valence-corrected chi connectivity index (χ0v) is 18.7. The molecule has 2 unspecified atom stereocenters. The van der Waals surface area contributed by atoms with E-state index in [9.17, 15) is 4.79 Å². The summed E-state index contributed by atoms with van der Waals surface area (Å²) in [6.07, 6.45) is 6.80. The molecule has 1 fully saturated rings. The fourth-order valence-electron chi connectivity index (χ4n) is 3.09. The van der Waals surface area contributed by atoms with Gasteiger partial charge in [0.25, 0.3) is 0 Å². The van der Waals surface area contributed by atoms with Crippen LogP contribution in [-0.2, 0) is 4.74 Å². The molecular formula is C26H25NO3S. The summed E-state index contributed by atoms with van der Waals surface area (Å²) in [5.41, 5.74) is 3.49. The van der Waals surface area contributed by atoms with Crippen LogP contribution in [0.2, 0.25) is 0 Å². The van der Waals surface area contributed by atoms with E-state index in [4.69, 9.17) is 9.47 Å². The van der Waals surface area contributed by atoms with Gasteiger partial charge in [-0.05, 0) is 66.3 Å². The molecule has 0 saturated carbocycles.